The maximum atomic E-state index is 9.63. The zero-order valence-electron chi connectivity index (χ0n) is 9.10. The van der Waals surface area contributed by atoms with Gasteiger partial charge in [0, 0.05) is 20.8 Å². The van der Waals surface area contributed by atoms with Gasteiger partial charge in [0.1, 0.15) is 0 Å². The lowest BCUT2D eigenvalue weighted by Gasteiger charge is -2.48. The van der Waals surface area contributed by atoms with Crippen molar-refractivity contribution < 1.29 is 19.8 Å². The first-order valence-electron chi connectivity index (χ1n) is 4.69. The van der Waals surface area contributed by atoms with Crippen molar-refractivity contribution in [3.05, 3.63) is 0 Å². The lowest BCUT2D eigenvalue weighted by molar-refractivity contribution is -1.06. The Morgan fingerprint density at radius 1 is 0.692 bits per heavy atom. The van der Waals surface area contributed by atoms with Crippen molar-refractivity contribution >= 4 is 0 Å². The van der Waals surface area contributed by atoms with Gasteiger partial charge < -0.3 is 15.3 Å². The van der Waals surface area contributed by atoms with Crippen molar-refractivity contribution in [1.82, 2.24) is 0 Å². The van der Waals surface area contributed by atoms with E-state index in [1.165, 1.54) is 0 Å². The zero-order valence-corrected chi connectivity index (χ0v) is 9.10. The first-order valence-corrected chi connectivity index (χ1v) is 4.69. The quantitative estimate of drug-likeness (QED) is 0.441. The molecule has 80 valence electrons. The predicted octanol–water partition coefficient (Wildman–Crippen LogP) is 0.227. The second-order valence-corrected chi connectivity index (χ2v) is 3.88. The first-order chi connectivity index (χ1) is 5.77. The van der Waals surface area contributed by atoms with Crippen molar-refractivity contribution in [2.24, 2.45) is 0 Å². The van der Waals surface area contributed by atoms with E-state index < -0.39 is 18.7 Å². The zero-order chi connectivity index (χ0) is 10.8. The van der Waals surface area contributed by atoms with E-state index in [1.807, 2.05) is 13.8 Å². The van der Waals surface area contributed by atoms with Crippen LogP contribution >= 0.6 is 0 Å². The van der Waals surface area contributed by atoms with E-state index in [0.717, 1.165) is 0 Å². The molecule has 0 saturated carbocycles. The van der Waals surface area contributed by atoms with E-state index >= 15 is 0 Å². The summed E-state index contributed by atoms with van der Waals surface area (Å²) in [5.74, 6) is 0. The van der Waals surface area contributed by atoms with Gasteiger partial charge in [-0.1, -0.05) is 0 Å². The maximum Gasteiger partial charge on any atom is 0.191 e. The van der Waals surface area contributed by atoms with Gasteiger partial charge in [-0.2, -0.15) is 0 Å². The predicted molar refractivity (Wildman–Crippen MR) is 50.4 cm³/mol. The van der Waals surface area contributed by atoms with Gasteiger partial charge >= 0.3 is 0 Å². The van der Waals surface area contributed by atoms with Crippen LogP contribution in [0, 0.1) is 0 Å². The lowest BCUT2D eigenvalue weighted by atomic mass is 10.1. The van der Waals surface area contributed by atoms with Crippen LogP contribution in [0.1, 0.15) is 34.6 Å². The van der Waals surface area contributed by atoms with Crippen LogP contribution in [0.25, 0.3) is 0 Å². The van der Waals surface area contributed by atoms with E-state index in [1.54, 1.807) is 20.8 Å². The molecule has 0 radical (unpaired) electrons. The van der Waals surface area contributed by atoms with E-state index in [-0.39, 0.29) is 10.5 Å². The number of rotatable bonds is 4. The molecule has 0 bridgehead atoms. The molecule has 4 heteroatoms. The normalized spacial score (nSPS) is 23.8. The summed E-state index contributed by atoms with van der Waals surface area (Å²) in [4.78, 5) is 0. The highest BCUT2D eigenvalue weighted by atomic mass is 16.4. The summed E-state index contributed by atoms with van der Waals surface area (Å²) in [7, 11) is 0. The molecular formula is C9H22NO3+. The molecule has 4 nitrogen and oxygen atoms in total. The Balaban J connectivity index is 5.06. The van der Waals surface area contributed by atoms with Crippen LogP contribution in [0.5, 0.6) is 0 Å². The fraction of sp³-hybridized carbons (Fsp3) is 1.00. The first kappa shape index (κ1) is 12.8. The maximum absolute atomic E-state index is 9.63. The van der Waals surface area contributed by atoms with Crippen molar-refractivity contribution in [1.29, 1.82) is 0 Å². The van der Waals surface area contributed by atoms with Gasteiger partial charge in [0.25, 0.3) is 0 Å². The average Bonchev–Trinajstić information content (AvgIpc) is 1.82. The van der Waals surface area contributed by atoms with E-state index in [9.17, 15) is 15.3 Å². The lowest BCUT2D eigenvalue weighted by Crippen LogP contribution is -2.67. The fourth-order valence-electron chi connectivity index (χ4n) is 2.23. The molecule has 0 spiro atoms. The second-order valence-electron chi connectivity index (χ2n) is 3.88. The number of aliphatic hydroxyl groups is 3. The van der Waals surface area contributed by atoms with E-state index in [4.69, 9.17) is 0 Å². The minimum Gasteiger partial charge on any atom is -0.345 e. The van der Waals surface area contributed by atoms with Crippen LogP contribution in [0.4, 0.5) is 0 Å². The molecule has 0 heterocycles. The Labute approximate surface area is 80.0 Å². The molecule has 3 unspecified atom stereocenters. The topological polar surface area (TPSA) is 60.7 Å². The summed E-state index contributed by atoms with van der Waals surface area (Å²) in [6.07, 6.45) is -2.38. The van der Waals surface area contributed by atoms with Gasteiger partial charge in [0.15, 0.2) is 18.7 Å². The minimum absolute atomic E-state index is 0.0417. The van der Waals surface area contributed by atoms with Crippen molar-refractivity contribution in [3.63, 3.8) is 0 Å². The van der Waals surface area contributed by atoms with Gasteiger partial charge in [-0.05, 0) is 13.8 Å². The molecule has 13 heavy (non-hydrogen) atoms. The summed E-state index contributed by atoms with van der Waals surface area (Å²) in [6, 6.07) is -0.0417. The van der Waals surface area contributed by atoms with Gasteiger partial charge in [-0.25, -0.2) is 4.48 Å². The summed E-state index contributed by atoms with van der Waals surface area (Å²) in [6.45, 7) is 8.48. The summed E-state index contributed by atoms with van der Waals surface area (Å²) in [5, 5.41) is 28.9. The third kappa shape index (κ3) is 2.02. The summed E-state index contributed by atoms with van der Waals surface area (Å²) >= 11 is 0. The largest absolute Gasteiger partial charge is 0.345 e. The molecule has 0 aliphatic carbocycles. The number of hydrogen-bond donors (Lipinski definition) is 3. The summed E-state index contributed by atoms with van der Waals surface area (Å²) in [5.41, 5.74) is 0. The molecule has 0 saturated heterocycles. The molecule has 0 aromatic rings. The fourth-order valence-corrected chi connectivity index (χ4v) is 2.23. The standard InChI is InChI=1S/C9H22NO3/c1-6(2)10(7(3)11,8(4)12)9(5)13/h6-9,11-13H,1-5H3/q+1. The van der Waals surface area contributed by atoms with Crippen LogP contribution in [-0.4, -0.2) is 44.5 Å². The van der Waals surface area contributed by atoms with Gasteiger partial charge in [0.2, 0.25) is 0 Å². The Bertz CT molecular complexity index is 117. The van der Waals surface area contributed by atoms with E-state index in [2.05, 4.69) is 0 Å². The highest BCUT2D eigenvalue weighted by molar-refractivity contribution is 4.52. The third-order valence-electron chi connectivity index (χ3n) is 2.84. The third-order valence-corrected chi connectivity index (χ3v) is 2.84. The van der Waals surface area contributed by atoms with Gasteiger partial charge in [-0.3, -0.25) is 0 Å². The SMILES string of the molecule is CC(C)[N+](C(C)O)(C(C)O)C(C)O. The highest BCUT2D eigenvalue weighted by Gasteiger charge is 2.44. The Morgan fingerprint density at radius 2 is 0.923 bits per heavy atom. The molecular weight excluding hydrogens is 170 g/mol. The van der Waals surface area contributed by atoms with E-state index in [0.29, 0.717) is 0 Å². The molecule has 0 aromatic carbocycles. The molecule has 0 fully saturated rings. The molecule has 0 amide bonds. The minimum atomic E-state index is -0.792. The smallest absolute Gasteiger partial charge is 0.191 e. The summed E-state index contributed by atoms with van der Waals surface area (Å²) < 4.78 is -0.111. The van der Waals surface area contributed by atoms with Crippen molar-refractivity contribution in [2.75, 3.05) is 0 Å². The monoisotopic (exact) mass is 192 g/mol. The van der Waals surface area contributed by atoms with Gasteiger partial charge in [0.05, 0.1) is 6.04 Å². The van der Waals surface area contributed by atoms with Gasteiger partial charge in [-0.15, -0.1) is 0 Å². The molecule has 0 aliphatic rings. The molecule has 3 atom stereocenters. The highest BCUT2D eigenvalue weighted by Crippen LogP contribution is 2.25. The van der Waals surface area contributed by atoms with Crippen molar-refractivity contribution in [3.8, 4) is 0 Å². The molecule has 0 rings (SSSR count). The number of hydrogen-bond acceptors (Lipinski definition) is 3. The Hall–Kier alpha value is -0.160. The Morgan fingerprint density at radius 3 is 0.923 bits per heavy atom. The molecule has 0 aromatic heterocycles. The number of aliphatic hydroxyl groups excluding tert-OH is 3. The average molecular weight is 192 g/mol. The van der Waals surface area contributed by atoms with Crippen LogP contribution in [-0.2, 0) is 0 Å². The molecule has 0 aliphatic heterocycles. The van der Waals surface area contributed by atoms with Crippen LogP contribution < -0.4 is 0 Å². The van der Waals surface area contributed by atoms with Crippen LogP contribution in [0.3, 0.4) is 0 Å². The Kier molecular flexibility index (Phi) is 4.32. The van der Waals surface area contributed by atoms with Crippen molar-refractivity contribution in [2.45, 2.75) is 59.3 Å². The number of nitrogens with zero attached hydrogens (tertiary/aromatic N) is 1. The van der Waals surface area contributed by atoms with Crippen LogP contribution in [0.2, 0.25) is 0 Å². The molecule has 3 N–H and O–H groups in total. The van der Waals surface area contributed by atoms with Crippen LogP contribution in [0.15, 0.2) is 0 Å². The second kappa shape index (κ2) is 4.37. The number of quaternary nitrogens is 1.